The molecular weight excluding hydrogens is 366 g/mol. The molecule has 1 aliphatic heterocycles. The lowest BCUT2D eigenvalue weighted by atomic mass is 10.0. The number of imide groups is 1. The third-order valence-corrected chi connectivity index (χ3v) is 4.79. The van der Waals surface area contributed by atoms with Gasteiger partial charge in [0, 0.05) is 19.4 Å². The van der Waals surface area contributed by atoms with Gasteiger partial charge in [-0.1, -0.05) is 67.1 Å². The molecule has 1 aliphatic rings. The first-order valence-corrected chi connectivity index (χ1v) is 10.0. The second kappa shape index (κ2) is 11.1. The SMILES string of the molecule is CCOC(=O)[C@H](C)CCN1C(=O)CCC1=O.Cc1ccc(-c2ccccc2)cc1. The maximum absolute atomic E-state index is 11.3. The van der Waals surface area contributed by atoms with E-state index in [1.165, 1.54) is 21.6 Å². The van der Waals surface area contributed by atoms with Crippen molar-refractivity contribution >= 4 is 17.8 Å². The van der Waals surface area contributed by atoms with Crippen molar-refractivity contribution in [2.45, 2.75) is 40.0 Å². The maximum atomic E-state index is 11.3. The molecule has 0 aromatic heterocycles. The third-order valence-electron chi connectivity index (χ3n) is 4.79. The molecule has 1 fully saturated rings. The standard InChI is InChI=1S/C13H12.C11H17NO4/c1-11-7-9-13(10-8-11)12-5-3-2-4-6-12;1-3-16-11(15)8(2)6-7-12-9(13)4-5-10(12)14/h2-10H,1H3;8H,3-7H2,1-2H3/t;8-/m.1/s1. The van der Waals surface area contributed by atoms with Gasteiger partial charge in [-0.2, -0.15) is 0 Å². The van der Waals surface area contributed by atoms with E-state index in [9.17, 15) is 14.4 Å². The molecule has 5 nitrogen and oxygen atoms in total. The van der Waals surface area contributed by atoms with Crippen LogP contribution in [0.15, 0.2) is 54.6 Å². The Morgan fingerprint density at radius 1 is 0.966 bits per heavy atom. The van der Waals surface area contributed by atoms with Crippen LogP contribution < -0.4 is 0 Å². The van der Waals surface area contributed by atoms with E-state index >= 15 is 0 Å². The number of hydrogen-bond acceptors (Lipinski definition) is 4. The Hall–Kier alpha value is -2.95. The fourth-order valence-electron chi connectivity index (χ4n) is 2.97. The van der Waals surface area contributed by atoms with Gasteiger partial charge in [0.25, 0.3) is 0 Å². The zero-order valence-corrected chi connectivity index (χ0v) is 17.4. The first-order valence-electron chi connectivity index (χ1n) is 10.0. The summed E-state index contributed by atoms with van der Waals surface area (Å²) in [5, 5.41) is 0. The quantitative estimate of drug-likeness (QED) is 0.538. The van der Waals surface area contributed by atoms with Crippen LogP contribution in [0.3, 0.4) is 0 Å². The van der Waals surface area contributed by atoms with Gasteiger partial charge in [0.2, 0.25) is 11.8 Å². The van der Waals surface area contributed by atoms with Crippen LogP contribution in [0, 0.1) is 12.8 Å². The monoisotopic (exact) mass is 395 g/mol. The summed E-state index contributed by atoms with van der Waals surface area (Å²) in [5.41, 5.74) is 3.87. The molecule has 0 unspecified atom stereocenters. The van der Waals surface area contributed by atoms with E-state index in [0.29, 0.717) is 32.4 Å². The van der Waals surface area contributed by atoms with Crippen molar-refractivity contribution in [3.63, 3.8) is 0 Å². The van der Waals surface area contributed by atoms with Gasteiger partial charge in [-0.15, -0.1) is 0 Å². The van der Waals surface area contributed by atoms with E-state index in [-0.39, 0.29) is 23.7 Å². The van der Waals surface area contributed by atoms with E-state index < -0.39 is 0 Å². The van der Waals surface area contributed by atoms with Crippen LogP contribution in [0.1, 0.15) is 38.7 Å². The number of carbonyl (C=O) groups excluding carboxylic acids is 3. The molecule has 1 heterocycles. The number of esters is 1. The molecule has 154 valence electrons. The minimum absolute atomic E-state index is 0.138. The van der Waals surface area contributed by atoms with Crippen molar-refractivity contribution < 1.29 is 19.1 Å². The largest absolute Gasteiger partial charge is 0.466 e. The summed E-state index contributed by atoms with van der Waals surface area (Å²) in [6.07, 6.45) is 1.07. The molecule has 2 amide bonds. The number of benzene rings is 2. The summed E-state index contributed by atoms with van der Waals surface area (Å²) in [5.74, 6) is -0.829. The van der Waals surface area contributed by atoms with Gasteiger partial charge in [0.1, 0.15) is 0 Å². The Kier molecular flexibility index (Phi) is 8.59. The Balaban J connectivity index is 0.000000211. The van der Waals surface area contributed by atoms with Gasteiger partial charge in [0.15, 0.2) is 0 Å². The molecule has 0 spiro atoms. The molecule has 2 aromatic rings. The van der Waals surface area contributed by atoms with Gasteiger partial charge >= 0.3 is 5.97 Å². The van der Waals surface area contributed by atoms with E-state index in [2.05, 4.69) is 55.5 Å². The molecule has 1 atom stereocenters. The van der Waals surface area contributed by atoms with E-state index in [4.69, 9.17) is 4.74 Å². The summed E-state index contributed by atoms with van der Waals surface area (Å²) < 4.78 is 4.85. The number of nitrogens with zero attached hydrogens (tertiary/aromatic N) is 1. The van der Waals surface area contributed by atoms with Crippen molar-refractivity contribution in [3.05, 3.63) is 60.2 Å². The third kappa shape index (κ3) is 6.86. The minimum atomic E-state index is -0.277. The molecule has 29 heavy (non-hydrogen) atoms. The molecule has 3 rings (SSSR count). The highest BCUT2D eigenvalue weighted by molar-refractivity contribution is 6.01. The molecule has 5 heteroatoms. The number of hydrogen-bond donors (Lipinski definition) is 0. The fourth-order valence-corrected chi connectivity index (χ4v) is 2.97. The zero-order valence-electron chi connectivity index (χ0n) is 17.4. The predicted molar refractivity (Wildman–Crippen MR) is 113 cm³/mol. The van der Waals surface area contributed by atoms with Gasteiger partial charge < -0.3 is 4.74 Å². The van der Waals surface area contributed by atoms with Crippen LogP contribution >= 0.6 is 0 Å². The van der Waals surface area contributed by atoms with Crippen LogP contribution in [0.25, 0.3) is 11.1 Å². The minimum Gasteiger partial charge on any atom is -0.466 e. The summed E-state index contributed by atoms with van der Waals surface area (Å²) >= 11 is 0. The number of ether oxygens (including phenoxy) is 1. The van der Waals surface area contributed by atoms with Crippen LogP contribution in [0.4, 0.5) is 0 Å². The second-order valence-electron chi connectivity index (χ2n) is 7.11. The first kappa shape index (κ1) is 22.3. The number of carbonyl (C=O) groups is 3. The van der Waals surface area contributed by atoms with Crippen molar-refractivity contribution in [1.82, 2.24) is 4.90 Å². The highest BCUT2D eigenvalue weighted by Gasteiger charge is 2.29. The lowest BCUT2D eigenvalue weighted by molar-refractivity contribution is -0.149. The average Bonchev–Trinajstić information content (AvgIpc) is 3.05. The van der Waals surface area contributed by atoms with Crippen molar-refractivity contribution in [3.8, 4) is 11.1 Å². The van der Waals surface area contributed by atoms with Crippen molar-refractivity contribution in [2.75, 3.05) is 13.2 Å². The van der Waals surface area contributed by atoms with Gasteiger partial charge in [0.05, 0.1) is 12.5 Å². The maximum Gasteiger partial charge on any atom is 0.308 e. The molecule has 0 saturated carbocycles. The van der Waals surface area contributed by atoms with Crippen LogP contribution in [0.2, 0.25) is 0 Å². The van der Waals surface area contributed by atoms with Gasteiger partial charge in [-0.3, -0.25) is 19.3 Å². The fraction of sp³-hybridized carbons (Fsp3) is 0.375. The predicted octanol–water partition coefficient (Wildman–Crippen LogP) is 4.39. The lowest BCUT2D eigenvalue weighted by Crippen LogP contribution is -2.32. The average molecular weight is 395 g/mol. The van der Waals surface area contributed by atoms with E-state index in [1.54, 1.807) is 13.8 Å². The highest BCUT2D eigenvalue weighted by Crippen LogP contribution is 2.18. The first-order chi connectivity index (χ1) is 13.9. The van der Waals surface area contributed by atoms with Crippen LogP contribution in [-0.4, -0.2) is 35.8 Å². The summed E-state index contributed by atoms with van der Waals surface area (Å²) in [6, 6.07) is 19.0. The zero-order chi connectivity index (χ0) is 21.2. The van der Waals surface area contributed by atoms with E-state index in [0.717, 1.165) is 0 Å². The number of amides is 2. The molecule has 1 saturated heterocycles. The summed E-state index contributed by atoms with van der Waals surface area (Å²) in [7, 11) is 0. The van der Waals surface area contributed by atoms with Crippen LogP contribution in [0.5, 0.6) is 0 Å². The van der Waals surface area contributed by atoms with E-state index in [1.807, 2.05) is 6.07 Å². The van der Waals surface area contributed by atoms with Gasteiger partial charge in [-0.05, 0) is 31.4 Å². The molecule has 0 radical (unpaired) electrons. The lowest BCUT2D eigenvalue weighted by Gasteiger charge is -2.16. The Bertz CT molecular complexity index is 799. The number of aryl methyl sites for hydroxylation is 1. The van der Waals surface area contributed by atoms with Crippen molar-refractivity contribution in [2.24, 2.45) is 5.92 Å². The summed E-state index contributed by atoms with van der Waals surface area (Å²) in [4.78, 5) is 35.1. The highest BCUT2D eigenvalue weighted by atomic mass is 16.5. The normalized spacial score (nSPS) is 14.2. The van der Waals surface area contributed by atoms with Crippen LogP contribution in [-0.2, 0) is 19.1 Å². The summed E-state index contributed by atoms with van der Waals surface area (Å²) in [6.45, 7) is 6.26. The molecule has 0 aliphatic carbocycles. The second-order valence-corrected chi connectivity index (χ2v) is 7.11. The smallest absolute Gasteiger partial charge is 0.308 e. The Labute approximate surface area is 172 Å². The Morgan fingerprint density at radius 3 is 2.07 bits per heavy atom. The number of rotatable bonds is 6. The van der Waals surface area contributed by atoms with Crippen molar-refractivity contribution in [1.29, 1.82) is 0 Å². The molecule has 2 aromatic carbocycles. The molecular formula is C24H29NO4. The van der Waals surface area contributed by atoms with Gasteiger partial charge in [-0.25, -0.2) is 0 Å². The Morgan fingerprint density at radius 2 is 1.52 bits per heavy atom. The topological polar surface area (TPSA) is 63.7 Å². The molecule has 0 N–H and O–H groups in total. The number of likely N-dealkylation sites (tertiary alicyclic amines) is 1. The molecule has 0 bridgehead atoms.